The summed E-state index contributed by atoms with van der Waals surface area (Å²) in [5.74, 6) is 2.36. The highest BCUT2D eigenvalue weighted by molar-refractivity contribution is 7.13. The van der Waals surface area contributed by atoms with E-state index in [2.05, 4.69) is 0 Å². The highest BCUT2D eigenvalue weighted by Gasteiger charge is 2.12. The summed E-state index contributed by atoms with van der Waals surface area (Å²) in [5, 5.41) is 2.98. The molecule has 124 valence electrons. The van der Waals surface area contributed by atoms with Crippen LogP contribution < -0.4 is 14.2 Å². The first kappa shape index (κ1) is 16.3. The van der Waals surface area contributed by atoms with Crippen LogP contribution in [0.4, 0.5) is 0 Å². The SMILES string of the molecule is CCOc1cccc(-c2nc(-c3ccc(OC)cc3OC)cs2)c1. The van der Waals surface area contributed by atoms with Gasteiger partial charge in [0, 0.05) is 22.6 Å². The summed E-state index contributed by atoms with van der Waals surface area (Å²) in [5.41, 5.74) is 2.88. The topological polar surface area (TPSA) is 40.6 Å². The fraction of sp³-hybridized carbons (Fsp3) is 0.211. The Morgan fingerprint density at radius 2 is 1.88 bits per heavy atom. The maximum absolute atomic E-state index is 5.56. The van der Waals surface area contributed by atoms with Crippen LogP contribution in [-0.2, 0) is 0 Å². The van der Waals surface area contributed by atoms with Gasteiger partial charge in [-0.05, 0) is 31.2 Å². The second-order valence-electron chi connectivity index (χ2n) is 5.06. The maximum Gasteiger partial charge on any atom is 0.131 e. The average molecular weight is 341 g/mol. The Balaban J connectivity index is 1.95. The van der Waals surface area contributed by atoms with E-state index in [-0.39, 0.29) is 0 Å². The Bertz CT molecular complexity index is 829. The number of thiazole rings is 1. The van der Waals surface area contributed by atoms with E-state index in [1.54, 1.807) is 25.6 Å². The zero-order valence-electron chi connectivity index (χ0n) is 13.9. The smallest absolute Gasteiger partial charge is 0.131 e. The normalized spacial score (nSPS) is 10.5. The number of nitrogens with zero attached hydrogens (tertiary/aromatic N) is 1. The summed E-state index contributed by atoms with van der Waals surface area (Å²) in [4.78, 5) is 4.76. The van der Waals surface area contributed by atoms with Crippen LogP contribution in [0.1, 0.15) is 6.92 Å². The molecule has 5 heteroatoms. The number of ether oxygens (including phenoxy) is 3. The molecular weight excluding hydrogens is 322 g/mol. The van der Waals surface area contributed by atoms with Crippen LogP contribution in [0.15, 0.2) is 47.8 Å². The van der Waals surface area contributed by atoms with Crippen molar-refractivity contribution in [3.05, 3.63) is 47.8 Å². The number of rotatable bonds is 6. The van der Waals surface area contributed by atoms with Gasteiger partial charge in [-0.25, -0.2) is 4.98 Å². The van der Waals surface area contributed by atoms with E-state index in [1.807, 2.05) is 54.8 Å². The van der Waals surface area contributed by atoms with Gasteiger partial charge in [0.25, 0.3) is 0 Å². The monoisotopic (exact) mass is 341 g/mol. The van der Waals surface area contributed by atoms with Crippen molar-refractivity contribution in [3.8, 4) is 39.1 Å². The lowest BCUT2D eigenvalue weighted by atomic mass is 10.1. The molecule has 0 unspecified atom stereocenters. The predicted octanol–water partition coefficient (Wildman–Crippen LogP) is 4.89. The minimum Gasteiger partial charge on any atom is -0.497 e. The second kappa shape index (κ2) is 7.36. The molecule has 0 bridgehead atoms. The fourth-order valence-corrected chi connectivity index (χ4v) is 3.24. The summed E-state index contributed by atoms with van der Waals surface area (Å²) in [6.45, 7) is 2.62. The molecule has 0 atom stereocenters. The van der Waals surface area contributed by atoms with Gasteiger partial charge in [-0.1, -0.05) is 12.1 Å². The van der Waals surface area contributed by atoms with Crippen LogP contribution in [0, 0.1) is 0 Å². The molecule has 0 N–H and O–H groups in total. The van der Waals surface area contributed by atoms with Crippen molar-refractivity contribution in [2.75, 3.05) is 20.8 Å². The Kier molecular flexibility index (Phi) is 5.01. The zero-order chi connectivity index (χ0) is 16.9. The first-order valence-electron chi connectivity index (χ1n) is 7.66. The molecule has 24 heavy (non-hydrogen) atoms. The van der Waals surface area contributed by atoms with Gasteiger partial charge in [0.15, 0.2) is 0 Å². The first-order chi connectivity index (χ1) is 11.7. The number of hydrogen-bond donors (Lipinski definition) is 0. The van der Waals surface area contributed by atoms with Crippen LogP contribution in [0.25, 0.3) is 21.8 Å². The lowest BCUT2D eigenvalue weighted by Gasteiger charge is -2.08. The Hall–Kier alpha value is -2.53. The molecule has 2 aromatic carbocycles. The maximum atomic E-state index is 5.56. The van der Waals surface area contributed by atoms with Gasteiger partial charge in [-0.2, -0.15) is 0 Å². The van der Waals surface area contributed by atoms with Crippen LogP contribution in [0.3, 0.4) is 0 Å². The van der Waals surface area contributed by atoms with E-state index < -0.39 is 0 Å². The molecule has 3 rings (SSSR count). The zero-order valence-corrected chi connectivity index (χ0v) is 14.7. The number of benzene rings is 2. The molecule has 0 saturated carbocycles. The molecule has 0 spiro atoms. The number of methoxy groups -OCH3 is 2. The van der Waals surface area contributed by atoms with Gasteiger partial charge in [0.05, 0.1) is 26.5 Å². The molecule has 0 radical (unpaired) electrons. The third-order valence-corrected chi connectivity index (χ3v) is 4.47. The third kappa shape index (κ3) is 3.36. The van der Waals surface area contributed by atoms with Crippen LogP contribution in [0.5, 0.6) is 17.2 Å². The van der Waals surface area contributed by atoms with Gasteiger partial charge in [0.2, 0.25) is 0 Å². The van der Waals surface area contributed by atoms with Crippen LogP contribution >= 0.6 is 11.3 Å². The highest BCUT2D eigenvalue weighted by atomic mass is 32.1. The van der Waals surface area contributed by atoms with Crippen molar-refractivity contribution < 1.29 is 14.2 Å². The van der Waals surface area contributed by atoms with Gasteiger partial charge in [0.1, 0.15) is 22.3 Å². The number of hydrogen-bond acceptors (Lipinski definition) is 5. The third-order valence-electron chi connectivity index (χ3n) is 3.58. The largest absolute Gasteiger partial charge is 0.497 e. The molecule has 0 aliphatic heterocycles. The Morgan fingerprint density at radius 1 is 1.00 bits per heavy atom. The molecule has 1 aromatic heterocycles. The summed E-state index contributed by atoms with van der Waals surface area (Å²) in [6, 6.07) is 13.7. The molecule has 3 aromatic rings. The van der Waals surface area contributed by atoms with E-state index in [9.17, 15) is 0 Å². The lowest BCUT2D eigenvalue weighted by Crippen LogP contribution is -1.91. The minimum absolute atomic E-state index is 0.648. The summed E-state index contributed by atoms with van der Waals surface area (Å²) >= 11 is 1.60. The average Bonchev–Trinajstić information content (AvgIpc) is 3.11. The molecule has 4 nitrogen and oxygen atoms in total. The van der Waals surface area contributed by atoms with Crippen molar-refractivity contribution in [1.29, 1.82) is 0 Å². The molecule has 0 aliphatic carbocycles. The fourth-order valence-electron chi connectivity index (χ4n) is 2.43. The summed E-state index contributed by atoms with van der Waals surface area (Å²) in [7, 11) is 3.29. The summed E-state index contributed by atoms with van der Waals surface area (Å²) < 4.78 is 16.3. The summed E-state index contributed by atoms with van der Waals surface area (Å²) in [6.07, 6.45) is 0. The van der Waals surface area contributed by atoms with Crippen molar-refractivity contribution >= 4 is 11.3 Å². The van der Waals surface area contributed by atoms with Gasteiger partial charge < -0.3 is 14.2 Å². The highest BCUT2D eigenvalue weighted by Crippen LogP contribution is 2.36. The molecule has 1 heterocycles. The molecule has 0 aliphatic rings. The Morgan fingerprint density at radius 3 is 2.62 bits per heavy atom. The van der Waals surface area contributed by atoms with Gasteiger partial charge >= 0.3 is 0 Å². The van der Waals surface area contributed by atoms with Gasteiger partial charge in [-0.3, -0.25) is 0 Å². The van der Waals surface area contributed by atoms with Crippen LogP contribution in [-0.4, -0.2) is 25.8 Å². The van der Waals surface area contributed by atoms with Crippen molar-refractivity contribution in [1.82, 2.24) is 4.98 Å². The van der Waals surface area contributed by atoms with Crippen molar-refractivity contribution in [2.24, 2.45) is 0 Å². The molecule has 0 amide bonds. The second-order valence-corrected chi connectivity index (χ2v) is 5.92. The molecule has 0 fully saturated rings. The Labute approximate surface area is 145 Å². The van der Waals surface area contributed by atoms with E-state index in [1.165, 1.54) is 0 Å². The first-order valence-corrected chi connectivity index (χ1v) is 8.54. The molecular formula is C19H19NO3S. The van der Waals surface area contributed by atoms with E-state index in [4.69, 9.17) is 19.2 Å². The van der Waals surface area contributed by atoms with Crippen molar-refractivity contribution in [3.63, 3.8) is 0 Å². The van der Waals surface area contributed by atoms with E-state index in [0.717, 1.165) is 39.1 Å². The van der Waals surface area contributed by atoms with E-state index >= 15 is 0 Å². The quantitative estimate of drug-likeness (QED) is 0.640. The standard InChI is InChI=1S/C19H19NO3S/c1-4-23-15-7-5-6-13(10-15)19-20-17(12-24-19)16-9-8-14(21-2)11-18(16)22-3/h5-12H,4H2,1-3H3. The molecule has 0 saturated heterocycles. The van der Waals surface area contributed by atoms with Gasteiger partial charge in [-0.15, -0.1) is 11.3 Å². The van der Waals surface area contributed by atoms with E-state index in [0.29, 0.717) is 6.61 Å². The lowest BCUT2D eigenvalue weighted by molar-refractivity contribution is 0.340. The van der Waals surface area contributed by atoms with Crippen LogP contribution in [0.2, 0.25) is 0 Å². The predicted molar refractivity (Wildman–Crippen MR) is 97.3 cm³/mol. The number of aromatic nitrogens is 1. The minimum atomic E-state index is 0.648. The van der Waals surface area contributed by atoms with Crippen molar-refractivity contribution in [2.45, 2.75) is 6.92 Å².